The van der Waals surface area contributed by atoms with E-state index in [-0.39, 0.29) is 17.3 Å². The number of carbonyl (C=O) groups excluding carboxylic acids is 1. The van der Waals surface area contributed by atoms with Gasteiger partial charge in [0.15, 0.2) is 0 Å². The van der Waals surface area contributed by atoms with Crippen LogP contribution in [0.3, 0.4) is 0 Å². The molecule has 0 heterocycles. The van der Waals surface area contributed by atoms with Gasteiger partial charge in [-0.25, -0.2) is 0 Å². The normalized spacial score (nSPS) is 12.1. The molecular weight excluding hydrogens is 250 g/mol. The third-order valence-electron chi connectivity index (χ3n) is 2.67. The number of nitrogens with one attached hydrogen (secondary N) is 1. The van der Waals surface area contributed by atoms with Gasteiger partial charge in [0.1, 0.15) is 5.75 Å². The number of nitro benzene ring substituents is 1. The molecule has 0 aliphatic heterocycles. The summed E-state index contributed by atoms with van der Waals surface area (Å²) < 4.78 is 5.04. The summed E-state index contributed by atoms with van der Waals surface area (Å²) >= 11 is 0. The lowest BCUT2D eigenvalue weighted by molar-refractivity contribution is -0.384. The minimum absolute atomic E-state index is 0.0373. The molecule has 0 aromatic heterocycles. The molecule has 7 nitrogen and oxygen atoms in total. The number of rotatable bonds is 5. The van der Waals surface area contributed by atoms with Crippen molar-refractivity contribution in [2.45, 2.75) is 19.9 Å². The number of nitrogens with two attached hydrogens (primary N) is 1. The second-order valence-electron chi connectivity index (χ2n) is 4.40. The molecule has 0 spiro atoms. The topological polar surface area (TPSA) is 107 Å². The molecule has 1 amide bonds. The predicted octanol–water partition coefficient (Wildman–Crippen LogP) is 1.53. The highest BCUT2D eigenvalue weighted by molar-refractivity contribution is 5.96. The van der Waals surface area contributed by atoms with Crippen LogP contribution in [0.5, 0.6) is 5.75 Å². The van der Waals surface area contributed by atoms with E-state index in [0.29, 0.717) is 5.75 Å². The van der Waals surface area contributed by atoms with Crippen LogP contribution < -0.4 is 15.8 Å². The molecule has 0 aliphatic rings. The monoisotopic (exact) mass is 267 g/mol. The summed E-state index contributed by atoms with van der Waals surface area (Å²) in [5.41, 5.74) is 5.81. The van der Waals surface area contributed by atoms with Crippen molar-refractivity contribution in [3.63, 3.8) is 0 Å². The van der Waals surface area contributed by atoms with E-state index in [1.807, 2.05) is 13.8 Å². The first-order valence-corrected chi connectivity index (χ1v) is 5.75. The Morgan fingerprint density at radius 1 is 1.47 bits per heavy atom. The number of methoxy groups -OCH3 is 1. The molecule has 7 heteroatoms. The average Bonchev–Trinajstić information content (AvgIpc) is 2.37. The molecule has 3 N–H and O–H groups in total. The van der Waals surface area contributed by atoms with E-state index < -0.39 is 16.9 Å². The highest BCUT2D eigenvalue weighted by Crippen LogP contribution is 2.29. The third-order valence-corrected chi connectivity index (χ3v) is 2.67. The maximum Gasteiger partial charge on any atom is 0.271 e. The number of nitro groups is 1. The number of ether oxygens (including phenoxy) is 1. The highest BCUT2D eigenvalue weighted by atomic mass is 16.6. The van der Waals surface area contributed by atoms with Gasteiger partial charge in [0.05, 0.1) is 23.8 Å². The lowest BCUT2D eigenvalue weighted by Gasteiger charge is -2.16. The van der Waals surface area contributed by atoms with Gasteiger partial charge in [-0.05, 0) is 12.0 Å². The number of carbonyl (C=O) groups is 1. The molecular formula is C12H17N3O4. The largest absolute Gasteiger partial charge is 0.495 e. The lowest BCUT2D eigenvalue weighted by Crippen LogP contribution is -2.39. The third kappa shape index (κ3) is 3.65. The Labute approximate surface area is 110 Å². The Balaban J connectivity index is 3.01. The van der Waals surface area contributed by atoms with Gasteiger partial charge >= 0.3 is 0 Å². The van der Waals surface area contributed by atoms with Crippen molar-refractivity contribution in [2.24, 2.45) is 11.7 Å². The van der Waals surface area contributed by atoms with E-state index in [4.69, 9.17) is 10.5 Å². The first-order chi connectivity index (χ1) is 8.86. The molecule has 0 radical (unpaired) electrons. The van der Waals surface area contributed by atoms with Crippen molar-refractivity contribution in [1.29, 1.82) is 0 Å². The smallest absolute Gasteiger partial charge is 0.271 e. The van der Waals surface area contributed by atoms with Gasteiger partial charge in [-0.1, -0.05) is 13.8 Å². The molecule has 0 aliphatic carbocycles. The summed E-state index contributed by atoms with van der Waals surface area (Å²) in [4.78, 5) is 22.0. The van der Waals surface area contributed by atoms with Crippen LogP contribution in [0.4, 0.5) is 11.4 Å². The first kappa shape index (κ1) is 14.9. The van der Waals surface area contributed by atoms with Crippen molar-refractivity contribution >= 4 is 17.3 Å². The van der Waals surface area contributed by atoms with Gasteiger partial charge in [-0.3, -0.25) is 14.9 Å². The Hall–Kier alpha value is -2.15. The van der Waals surface area contributed by atoms with Gasteiger partial charge in [0.25, 0.3) is 5.69 Å². The van der Waals surface area contributed by atoms with Crippen molar-refractivity contribution in [3.8, 4) is 5.75 Å². The van der Waals surface area contributed by atoms with Crippen molar-refractivity contribution in [3.05, 3.63) is 28.3 Å². The fourth-order valence-electron chi connectivity index (χ4n) is 1.43. The van der Waals surface area contributed by atoms with E-state index in [9.17, 15) is 14.9 Å². The van der Waals surface area contributed by atoms with E-state index >= 15 is 0 Å². The van der Waals surface area contributed by atoms with Crippen molar-refractivity contribution < 1.29 is 14.5 Å². The molecule has 1 aromatic rings. The molecule has 0 saturated carbocycles. The quantitative estimate of drug-likeness (QED) is 0.621. The van der Waals surface area contributed by atoms with Gasteiger partial charge in [0, 0.05) is 12.1 Å². The Morgan fingerprint density at radius 3 is 2.58 bits per heavy atom. The maximum atomic E-state index is 11.8. The molecule has 19 heavy (non-hydrogen) atoms. The average molecular weight is 267 g/mol. The maximum absolute atomic E-state index is 11.8. The summed E-state index contributed by atoms with van der Waals surface area (Å²) in [6, 6.07) is 3.28. The Kier molecular flexibility index (Phi) is 4.82. The number of non-ortho nitro benzene ring substituents is 1. The zero-order chi connectivity index (χ0) is 14.6. The summed E-state index contributed by atoms with van der Waals surface area (Å²) in [5.74, 6) is -0.103. The van der Waals surface area contributed by atoms with Crippen LogP contribution in [-0.2, 0) is 4.79 Å². The molecule has 1 aromatic carbocycles. The predicted molar refractivity (Wildman–Crippen MR) is 71.1 cm³/mol. The number of hydrogen-bond donors (Lipinski definition) is 2. The molecule has 0 unspecified atom stereocenters. The molecule has 0 bridgehead atoms. The van der Waals surface area contributed by atoms with Gasteiger partial charge < -0.3 is 15.8 Å². The Bertz CT molecular complexity index is 488. The van der Waals surface area contributed by atoms with E-state index in [1.54, 1.807) is 0 Å². The Morgan fingerprint density at radius 2 is 2.11 bits per heavy atom. The summed E-state index contributed by atoms with van der Waals surface area (Å²) in [6.07, 6.45) is 0. The minimum Gasteiger partial charge on any atom is -0.495 e. The highest BCUT2D eigenvalue weighted by Gasteiger charge is 2.20. The summed E-state index contributed by atoms with van der Waals surface area (Å²) in [7, 11) is 1.42. The molecule has 0 fully saturated rings. The zero-order valence-corrected chi connectivity index (χ0v) is 11.0. The van der Waals surface area contributed by atoms with Crippen LogP contribution in [0.1, 0.15) is 13.8 Å². The SMILES string of the molecule is COc1ccc([N+](=O)[O-])cc1NC(=O)[C@H](N)C(C)C. The minimum atomic E-state index is -0.691. The standard InChI is InChI=1S/C12H17N3O4/c1-7(2)11(13)12(16)14-9-6-8(15(17)18)4-5-10(9)19-3/h4-7,11H,13H2,1-3H3,(H,14,16)/t11-/m1/s1. The van der Waals surface area contributed by atoms with Gasteiger partial charge in [0.2, 0.25) is 5.91 Å². The van der Waals surface area contributed by atoms with Crippen LogP contribution in [0.25, 0.3) is 0 Å². The number of benzene rings is 1. The lowest BCUT2D eigenvalue weighted by atomic mass is 10.0. The fraction of sp³-hybridized carbons (Fsp3) is 0.417. The second kappa shape index (κ2) is 6.14. The molecule has 104 valence electrons. The van der Waals surface area contributed by atoms with Gasteiger partial charge in [-0.15, -0.1) is 0 Å². The number of anilines is 1. The van der Waals surface area contributed by atoms with Crippen molar-refractivity contribution in [2.75, 3.05) is 12.4 Å². The van der Waals surface area contributed by atoms with Gasteiger partial charge in [-0.2, -0.15) is 0 Å². The molecule has 1 atom stereocenters. The fourth-order valence-corrected chi connectivity index (χ4v) is 1.43. The summed E-state index contributed by atoms with van der Waals surface area (Å²) in [6.45, 7) is 3.63. The number of nitrogens with zero attached hydrogens (tertiary/aromatic N) is 1. The van der Waals surface area contributed by atoms with E-state index in [2.05, 4.69) is 5.32 Å². The summed E-state index contributed by atoms with van der Waals surface area (Å²) in [5, 5.41) is 13.3. The van der Waals surface area contributed by atoms with Crippen molar-refractivity contribution in [1.82, 2.24) is 0 Å². The molecule has 1 rings (SSSR count). The van der Waals surface area contributed by atoms with Crippen LogP contribution in [-0.4, -0.2) is 24.0 Å². The zero-order valence-electron chi connectivity index (χ0n) is 11.0. The van der Waals surface area contributed by atoms with Crippen LogP contribution in [0.2, 0.25) is 0 Å². The number of hydrogen-bond acceptors (Lipinski definition) is 5. The molecule has 0 saturated heterocycles. The van der Waals surface area contributed by atoms with Crippen LogP contribution >= 0.6 is 0 Å². The van der Waals surface area contributed by atoms with Crippen LogP contribution in [0, 0.1) is 16.0 Å². The van der Waals surface area contributed by atoms with E-state index in [1.165, 1.54) is 25.3 Å². The van der Waals surface area contributed by atoms with Crippen LogP contribution in [0.15, 0.2) is 18.2 Å². The number of amides is 1. The second-order valence-corrected chi connectivity index (χ2v) is 4.40. The first-order valence-electron chi connectivity index (χ1n) is 5.75. The van der Waals surface area contributed by atoms with E-state index in [0.717, 1.165) is 0 Å².